The van der Waals surface area contributed by atoms with Crippen LogP contribution >= 0.6 is 11.6 Å². The third-order valence-corrected chi connectivity index (χ3v) is 5.11. The largest absolute Gasteiger partial charge is 0.324 e. The maximum absolute atomic E-state index is 6.31. The summed E-state index contributed by atoms with van der Waals surface area (Å²) in [4.78, 5) is 2.60. The van der Waals surface area contributed by atoms with Gasteiger partial charge in [-0.15, -0.1) is 0 Å². The molecule has 0 radical (unpaired) electrons. The first-order chi connectivity index (χ1) is 10.1. The summed E-state index contributed by atoms with van der Waals surface area (Å²) in [7, 11) is 0. The molecule has 0 bridgehead atoms. The monoisotopic (exact) mass is 308 g/mol. The summed E-state index contributed by atoms with van der Waals surface area (Å²) >= 11 is 5.92. The Morgan fingerprint density at radius 3 is 2.57 bits per heavy atom. The lowest BCUT2D eigenvalue weighted by molar-refractivity contribution is 0.262. The Hall–Kier alpha value is -0.570. The lowest BCUT2D eigenvalue weighted by Gasteiger charge is -2.23. The number of hydrogen-bond donors (Lipinski definition) is 1. The topological polar surface area (TPSA) is 29.3 Å². The summed E-state index contributed by atoms with van der Waals surface area (Å²) in [6.07, 6.45) is 5.08. The minimum absolute atomic E-state index is 0.117. The third kappa shape index (κ3) is 5.28. The number of rotatable bonds is 5. The van der Waals surface area contributed by atoms with Crippen molar-refractivity contribution in [2.24, 2.45) is 17.6 Å². The molecule has 2 N–H and O–H groups in total. The zero-order valence-corrected chi connectivity index (χ0v) is 14.1. The van der Waals surface area contributed by atoms with Crippen LogP contribution in [0.25, 0.3) is 0 Å². The fourth-order valence-corrected chi connectivity index (χ4v) is 3.40. The molecule has 1 aliphatic rings. The van der Waals surface area contributed by atoms with Crippen molar-refractivity contribution in [3.63, 3.8) is 0 Å². The van der Waals surface area contributed by atoms with Crippen molar-refractivity contribution in [2.75, 3.05) is 19.6 Å². The van der Waals surface area contributed by atoms with Crippen LogP contribution in [0.2, 0.25) is 5.02 Å². The van der Waals surface area contributed by atoms with Gasteiger partial charge in [0.25, 0.3) is 0 Å². The summed E-state index contributed by atoms with van der Waals surface area (Å²) in [5.74, 6) is 1.72. The summed E-state index contributed by atoms with van der Waals surface area (Å²) < 4.78 is 0. The van der Waals surface area contributed by atoms with Crippen LogP contribution in [0.5, 0.6) is 0 Å². The molecular weight excluding hydrogens is 280 g/mol. The highest BCUT2D eigenvalue weighted by atomic mass is 35.5. The number of nitrogens with two attached hydrogens (primary N) is 1. The van der Waals surface area contributed by atoms with Crippen molar-refractivity contribution in [3.8, 4) is 0 Å². The normalized spacial score (nSPS) is 22.2. The summed E-state index contributed by atoms with van der Waals surface area (Å²) in [6, 6.07) is 8.06. The lowest BCUT2D eigenvalue weighted by atomic mass is 9.89. The molecule has 1 aliphatic heterocycles. The number of likely N-dealkylation sites (tertiary alicyclic amines) is 1. The average molecular weight is 309 g/mol. The minimum atomic E-state index is 0.117. The molecule has 0 saturated carbocycles. The molecule has 0 spiro atoms. The fourth-order valence-electron chi connectivity index (χ4n) is 3.27. The molecule has 0 aliphatic carbocycles. The molecule has 0 aromatic heterocycles. The van der Waals surface area contributed by atoms with Gasteiger partial charge in [0.1, 0.15) is 0 Å². The number of benzene rings is 1. The molecule has 2 nitrogen and oxygen atoms in total. The van der Waals surface area contributed by atoms with E-state index >= 15 is 0 Å². The Kier molecular flexibility index (Phi) is 6.53. The second-order valence-electron chi connectivity index (χ2n) is 6.72. The van der Waals surface area contributed by atoms with Crippen LogP contribution in [0.4, 0.5) is 0 Å². The summed E-state index contributed by atoms with van der Waals surface area (Å²) in [5, 5.41) is 0.776. The first-order valence-electron chi connectivity index (χ1n) is 8.29. The van der Waals surface area contributed by atoms with E-state index in [4.69, 9.17) is 17.3 Å². The van der Waals surface area contributed by atoms with E-state index in [2.05, 4.69) is 18.7 Å². The highest BCUT2D eigenvalue weighted by Gasteiger charge is 2.19. The molecule has 2 rings (SSSR count). The first-order valence-corrected chi connectivity index (χ1v) is 8.67. The van der Waals surface area contributed by atoms with Crippen molar-refractivity contribution in [3.05, 3.63) is 34.9 Å². The van der Waals surface area contributed by atoms with Gasteiger partial charge in [0.15, 0.2) is 0 Å². The van der Waals surface area contributed by atoms with Crippen LogP contribution in [0.1, 0.15) is 51.1 Å². The number of hydrogen-bond acceptors (Lipinski definition) is 2. The van der Waals surface area contributed by atoms with Gasteiger partial charge in [-0.1, -0.05) is 37.6 Å². The van der Waals surface area contributed by atoms with E-state index in [0.717, 1.165) is 29.8 Å². The van der Waals surface area contributed by atoms with Gasteiger partial charge in [0.05, 0.1) is 0 Å². The van der Waals surface area contributed by atoms with Gasteiger partial charge in [-0.25, -0.2) is 0 Å². The zero-order chi connectivity index (χ0) is 15.2. The lowest BCUT2D eigenvalue weighted by Crippen LogP contribution is -2.28. The highest BCUT2D eigenvalue weighted by molar-refractivity contribution is 6.30. The van der Waals surface area contributed by atoms with E-state index < -0.39 is 0 Å². The molecule has 1 saturated heterocycles. The molecule has 3 heteroatoms. The van der Waals surface area contributed by atoms with Crippen LogP contribution in [-0.2, 0) is 0 Å². The highest BCUT2D eigenvalue weighted by Crippen LogP contribution is 2.25. The standard InChI is InChI=1S/C18H29ClN2/c1-14(2)15-4-3-11-21(12-9-15)13-10-18(20)16-5-7-17(19)8-6-16/h5-8,14-15,18H,3-4,9-13,20H2,1-2H3. The molecule has 1 aromatic carbocycles. The molecule has 0 amide bonds. The van der Waals surface area contributed by atoms with Crippen molar-refractivity contribution in [2.45, 2.75) is 45.6 Å². The van der Waals surface area contributed by atoms with Crippen molar-refractivity contribution in [1.29, 1.82) is 0 Å². The molecule has 1 aromatic rings. The van der Waals surface area contributed by atoms with Crippen LogP contribution < -0.4 is 5.73 Å². The Morgan fingerprint density at radius 2 is 1.90 bits per heavy atom. The van der Waals surface area contributed by atoms with E-state index in [0.29, 0.717) is 0 Å². The quantitative estimate of drug-likeness (QED) is 0.868. The number of nitrogens with zero attached hydrogens (tertiary/aromatic N) is 1. The molecule has 21 heavy (non-hydrogen) atoms. The smallest absolute Gasteiger partial charge is 0.0406 e. The second-order valence-corrected chi connectivity index (χ2v) is 7.16. The van der Waals surface area contributed by atoms with Gasteiger partial charge in [0, 0.05) is 11.1 Å². The van der Waals surface area contributed by atoms with Gasteiger partial charge in [-0.05, 0) is 74.8 Å². The predicted molar refractivity (Wildman–Crippen MR) is 91.6 cm³/mol. The van der Waals surface area contributed by atoms with E-state index in [9.17, 15) is 0 Å². The third-order valence-electron chi connectivity index (χ3n) is 4.86. The second kappa shape index (κ2) is 8.17. The zero-order valence-electron chi connectivity index (χ0n) is 13.4. The molecular formula is C18H29ClN2. The maximum atomic E-state index is 6.31. The molecule has 2 unspecified atom stereocenters. The van der Waals surface area contributed by atoms with Crippen molar-refractivity contribution < 1.29 is 0 Å². The average Bonchev–Trinajstić information content (AvgIpc) is 2.71. The Balaban J connectivity index is 1.78. The van der Waals surface area contributed by atoms with Crippen LogP contribution in [-0.4, -0.2) is 24.5 Å². The predicted octanol–water partition coefficient (Wildman–Crippen LogP) is 4.49. The SMILES string of the molecule is CC(C)C1CCCN(CCC(N)c2ccc(Cl)cc2)CC1. The van der Waals surface area contributed by atoms with Crippen molar-refractivity contribution >= 4 is 11.6 Å². The van der Waals surface area contributed by atoms with Gasteiger partial charge < -0.3 is 10.6 Å². The van der Waals surface area contributed by atoms with Gasteiger partial charge in [0.2, 0.25) is 0 Å². The molecule has 2 atom stereocenters. The van der Waals surface area contributed by atoms with E-state index in [-0.39, 0.29) is 6.04 Å². The summed E-state index contributed by atoms with van der Waals surface area (Å²) in [5.41, 5.74) is 7.50. The van der Waals surface area contributed by atoms with Crippen molar-refractivity contribution in [1.82, 2.24) is 4.90 Å². The maximum Gasteiger partial charge on any atom is 0.0406 e. The molecule has 118 valence electrons. The van der Waals surface area contributed by atoms with E-state index in [1.54, 1.807) is 0 Å². The van der Waals surface area contributed by atoms with Crippen LogP contribution in [0.15, 0.2) is 24.3 Å². The van der Waals surface area contributed by atoms with Crippen LogP contribution in [0, 0.1) is 11.8 Å². The fraction of sp³-hybridized carbons (Fsp3) is 0.667. The summed E-state index contributed by atoms with van der Waals surface area (Å²) in [6.45, 7) is 8.29. The Labute approximate surface area is 134 Å². The minimum Gasteiger partial charge on any atom is -0.324 e. The van der Waals surface area contributed by atoms with E-state index in [1.807, 2.05) is 24.3 Å². The van der Waals surface area contributed by atoms with Gasteiger partial charge in [-0.2, -0.15) is 0 Å². The van der Waals surface area contributed by atoms with Crippen LogP contribution in [0.3, 0.4) is 0 Å². The molecule has 1 heterocycles. The van der Waals surface area contributed by atoms with Gasteiger partial charge in [-0.3, -0.25) is 0 Å². The Morgan fingerprint density at radius 1 is 1.19 bits per heavy atom. The Bertz CT molecular complexity index is 416. The van der Waals surface area contributed by atoms with E-state index in [1.165, 1.54) is 37.9 Å². The molecule has 1 fully saturated rings. The van der Waals surface area contributed by atoms with Gasteiger partial charge >= 0.3 is 0 Å². The number of halogens is 1. The first kappa shape index (κ1) is 16.8.